The SMILES string of the molecule is C[C@@H](NCC(N)C(=O)O)c1cccnc1. The van der Waals surface area contributed by atoms with Gasteiger partial charge < -0.3 is 16.2 Å². The first-order valence-electron chi connectivity index (χ1n) is 4.73. The van der Waals surface area contributed by atoms with Gasteiger partial charge in [-0.1, -0.05) is 6.07 Å². The molecule has 0 radical (unpaired) electrons. The Morgan fingerprint density at radius 2 is 2.47 bits per heavy atom. The standard InChI is InChI=1S/C10H15N3O2/c1-7(8-3-2-4-12-5-8)13-6-9(11)10(14)15/h2-5,7,9,13H,6,11H2,1H3,(H,14,15)/t7-,9?/m1/s1. The fraction of sp³-hybridized carbons (Fsp3) is 0.400. The molecule has 82 valence electrons. The number of carboxylic acid groups (broad SMARTS) is 1. The van der Waals surface area contributed by atoms with Crippen LogP contribution < -0.4 is 11.1 Å². The molecule has 0 aliphatic rings. The Kier molecular flexibility index (Phi) is 4.20. The van der Waals surface area contributed by atoms with Gasteiger partial charge in [0.2, 0.25) is 0 Å². The van der Waals surface area contributed by atoms with Crippen LogP contribution in [0.3, 0.4) is 0 Å². The first-order valence-corrected chi connectivity index (χ1v) is 4.73. The molecule has 1 heterocycles. The molecule has 5 heteroatoms. The number of nitrogens with zero attached hydrogens (tertiary/aromatic N) is 1. The van der Waals surface area contributed by atoms with Crippen LogP contribution in [0.2, 0.25) is 0 Å². The lowest BCUT2D eigenvalue weighted by atomic mass is 10.1. The van der Waals surface area contributed by atoms with Crippen molar-refractivity contribution in [2.24, 2.45) is 5.73 Å². The fourth-order valence-corrected chi connectivity index (χ4v) is 1.14. The van der Waals surface area contributed by atoms with E-state index >= 15 is 0 Å². The summed E-state index contributed by atoms with van der Waals surface area (Å²) in [5.41, 5.74) is 6.37. The van der Waals surface area contributed by atoms with Crippen molar-refractivity contribution in [3.8, 4) is 0 Å². The molecule has 0 bridgehead atoms. The largest absolute Gasteiger partial charge is 0.480 e. The Bertz CT molecular complexity index is 316. The van der Waals surface area contributed by atoms with Gasteiger partial charge in [-0.05, 0) is 18.6 Å². The lowest BCUT2D eigenvalue weighted by molar-refractivity contribution is -0.138. The molecule has 2 atom stereocenters. The van der Waals surface area contributed by atoms with E-state index in [0.29, 0.717) is 0 Å². The van der Waals surface area contributed by atoms with E-state index in [4.69, 9.17) is 10.8 Å². The Balaban J connectivity index is 2.43. The predicted molar refractivity (Wildman–Crippen MR) is 56.3 cm³/mol. The van der Waals surface area contributed by atoms with Crippen LogP contribution in [0.4, 0.5) is 0 Å². The number of aromatic nitrogens is 1. The lowest BCUT2D eigenvalue weighted by Crippen LogP contribution is -2.41. The zero-order chi connectivity index (χ0) is 11.3. The third-order valence-electron chi connectivity index (χ3n) is 2.15. The summed E-state index contributed by atoms with van der Waals surface area (Å²) in [5.74, 6) is -0.999. The maximum atomic E-state index is 10.5. The van der Waals surface area contributed by atoms with Gasteiger partial charge in [-0.3, -0.25) is 9.78 Å². The Morgan fingerprint density at radius 3 is 3.00 bits per heavy atom. The molecule has 4 N–H and O–H groups in total. The minimum atomic E-state index is -0.999. The van der Waals surface area contributed by atoms with Crippen LogP contribution in [0.15, 0.2) is 24.5 Å². The second kappa shape index (κ2) is 5.43. The topological polar surface area (TPSA) is 88.2 Å². The second-order valence-electron chi connectivity index (χ2n) is 3.36. The van der Waals surface area contributed by atoms with Gasteiger partial charge in [-0.15, -0.1) is 0 Å². The zero-order valence-corrected chi connectivity index (χ0v) is 8.55. The van der Waals surface area contributed by atoms with Crippen molar-refractivity contribution >= 4 is 5.97 Å². The number of aliphatic carboxylic acids is 1. The molecule has 0 amide bonds. The molecule has 0 saturated carbocycles. The van der Waals surface area contributed by atoms with Crippen LogP contribution in [0.1, 0.15) is 18.5 Å². The predicted octanol–water partition coefficient (Wildman–Crippen LogP) is 0.144. The quantitative estimate of drug-likeness (QED) is 0.642. The van der Waals surface area contributed by atoms with E-state index in [9.17, 15) is 4.79 Å². The van der Waals surface area contributed by atoms with Gasteiger partial charge in [-0.25, -0.2) is 0 Å². The van der Waals surface area contributed by atoms with Crippen LogP contribution >= 0.6 is 0 Å². The molecule has 0 fully saturated rings. The molecule has 1 aromatic heterocycles. The molecule has 5 nitrogen and oxygen atoms in total. The number of hydrogen-bond donors (Lipinski definition) is 3. The molecule has 1 aromatic rings. The minimum Gasteiger partial charge on any atom is -0.480 e. The second-order valence-corrected chi connectivity index (χ2v) is 3.36. The average Bonchev–Trinajstić information content (AvgIpc) is 2.26. The Labute approximate surface area is 88.3 Å². The van der Waals surface area contributed by atoms with Gasteiger partial charge in [-0.2, -0.15) is 0 Å². The van der Waals surface area contributed by atoms with E-state index < -0.39 is 12.0 Å². The zero-order valence-electron chi connectivity index (χ0n) is 8.55. The molecule has 0 aromatic carbocycles. The number of hydrogen-bond acceptors (Lipinski definition) is 4. The molecule has 1 unspecified atom stereocenters. The first-order chi connectivity index (χ1) is 7.11. The summed E-state index contributed by atoms with van der Waals surface area (Å²) in [6.07, 6.45) is 3.43. The summed E-state index contributed by atoms with van der Waals surface area (Å²) in [7, 11) is 0. The fourth-order valence-electron chi connectivity index (χ4n) is 1.14. The number of nitrogens with one attached hydrogen (secondary N) is 1. The Hall–Kier alpha value is -1.46. The Morgan fingerprint density at radius 1 is 1.73 bits per heavy atom. The number of rotatable bonds is 5. The highest BCUT2D eigenvalue weighted by Gasteiger charge is 2.12. The van der Waals surface area contributed by atoms with E-state index in [0.717, 1.165) is 5.56 Å². The van der Waals surface area contributed by atoms with Crippen molar-refractivity contribution in [1.29, 1.82) is 0 Å². The van der Waals surface area contributed by atoms with Gasteiger partial charge in [0, 0.05) is 25.0 Å². The minimum absolute atomic E-state index is 0.0455. The average molecular weight is 209 g/mol. The summed E-state index contributed by atoms with van der Waals surface area (Å²) < 4.78 is 0. The van der Waals surface area contributed by atoms with Gasteiger partial charge in [0.1, 0.15) is 6.04 Å². The van der Waals surface area contributed by atoms with Crippen LogP contribution in [0.5, 0.6) is 0 Å². The van der Waals surface area contributed by atoms with E-state index in [1.165, 1.54) is 0 Å². The first kappa shape index (κ1) is 11.6. The highest BCUT2D eigenvalue weighted by Crippen LogP contribution is 2.08. The van der Waals surface area contributed by atoms with Gasteiger partial charge in [0.15, 0.2) is 0 Å². The van der Waals surface area contributed by atoms with E-state index in [1.807, 2.05) is 19.1 Å². The third-order valence-corrected chi connectivity index (χ3v) is 2.15. The van der Waals surface area contributed by atoms with Crippen molar-refractivity contribution in [2.45, 2.75) is 19.0 Å². The van der Waals surface area contributed by atoms with Crippen molar-refractivity contribution < 1.29 is 9.90 Å². The summed E-state index contributed by atoms with van der Waals surface area (Å²) in [4.78, 5) is 14.5. The molecule has 0 aliphatic heterocycles. The maximum absolute atomic E-state index is 10.5. The van der Waals surface area contributed by atoms with Gasteiger partial charge >= 0.3 is 5.97 Å². The highest BCUT2D eigenvalue weighted by atomic mass is 16.4. The lowest BCUT2D eigenvalue weighted by Gasteiger charge is -2.15. The maximum Gasteiger partial charge on any atom is 0.321 e. The van der Waals surface area contributed by atoms with Gasteiger partial charge in [0.05, 0.1) is 0 Å². The van der Waals surface area contributed by atoms with Crippen LogP contribution in [0.25, 0.3) is 0 Å². The van der Waals surface area contributed by atoms with Crippen molar-refractivity contribution in [3.63, 3.8) is 0 Å². The number of pyridine rings is 1. The van der Waals surface area contributed by atoms with Crippen LogP contribution in [0, 0.1) is 0 Å². The molecular formula is C10H15N3O2. The summed E-state index contributed by atoms with van der Waals surface area (Å²) in [5, 5.41) is 11.6. The van der Waals surface area contributed by atoms with E-state index in [1.54, 1.807) is 12.4 Å². The summed E-state index contributed by atoms with van der Waals surface area (Å²) in [6, 6.07) is 2.94. The number of carbonyl (C=O) groups is 1. The van der Waals surface area contributed by atoms with Crippen LogP contribution in [-0.2, 0) is 4.79 Å². The molecule has 0 spiro atoms. The van der Waals surface area contributed by atoms with E-state index in [-0.39, 0.29) is 12.6 Å². The van der Waals surface area contributed by atoms with Crippen molar-refractivity contribution in [3.05, 3.63) is 30.1 Å². The summed E-state index contributed by atoms with van der Waals surface area (Å²) in [6.45, 7) is 2.18. The molecule has 0 aliphatic carbocycles. The number of nitrogens with two attached hydrogens (primary N) is 1. The highest BCUT2D eigenvalue weighted by molar-refractivity contribution is 5.73. The van der Waals surface area contributed by atoms with E-state index in [2.05, 4.69) is 10.3 Å². The number of carboxylic acids is 1. The van der Waals surface area contributed by atoms with Crippen molar-refractivity contribution in [1.82, 2.24) is 10.3 Å². The monoisotopic (exact) mass is 209 g/mol. The molecule has 0 saturated heterocycles. The molecule has 1 rings (SSSR count). The summed E-state index contributed by atoms with van der Waals surface area (Å²) >= 11 is 0. The molecule has 15 heavy (non-hydrogen) atoms. The third kappa shape index (κ3) is 3.65. The normalized spacial score (nSPS) is 14.5. The molecular weight excluding hydrogens is 194 g/mol. The van der Waals surface area contributed by atoms with Crippen molar-refractivity contribution in [2.75, 3.05) is 6.54 Å². The van der Waals surface area contributed by atoms with Gasteiger partial charge in [0.25, 0.3) is 0 Å². The smallest absolute Gasteiger partial charge is 0.321 e. The van der Waals surface area contributed by atoms with Crippen LogP contribution in [-0.4, -0.2) is 28.6 Å².